The van der Waals surface area contributed by atoms with E-state index in [-0.39, 0.29) is 13.1 Å². The van der Waals surface area contributed by atoms with Crippen LogP contribution in [0.4, 0.5) is 8.78 Å². The van der Waals surface area contributed by atoms with Crippen molar-refractivity contribution in [3.63, 3.8) is 0 Å². The monoisotopic (exact) mass is 137 g/mol. The summed E-state index contributed by atoms with van der Waals surface area (Å²) in [5.41, 5.74) is 0. The number of rotatable bonds is 0. The van der Waals surface area contributed by atoms with Gasteiger partial charge in [-0.3, -0.25) is 11.2 Å². The van der Waals surface area contributed by atoms with Crippen LogP contribution < -0.4 is 11.2 Å². The van der Waals surface area contributed by atoms with E-state index in [9.17, 15) is 8.78 Å². The highest BCUT2D eigenvalue weighted by Crippen LogP contribution is 2.14. The number of nitrogens with one attached hydrogen (secondary N) is 1. The molecule has 1 rings (SSSR count). The summed E-state index contributed by atoms with van der Waals surface area (Å²) in [6.45, 7) is -0.268. The van der Waals surface area contributed by atoms with Gasteiger partial charge >= 0.3 is 0 Å². The zero-order valence-electron chi connectivity index (χ0n) is 4.90. The van der Waals surface area contributed by atoms with E-state index in [4.69, 9.17) is 5.84 Å². The third-order valence-electron chi connectivity index (χ3n) is 1.13. The Morgan fingerprint density at radius 3 is 2.56 bits per heavy atom. The number of nitrogens with two attached hydrogens (primary N) is 1. The van der Waals surface area contributed by atoms with Crippen LogP contribution in [-0.4, -0.2) is 30.7 Å². The van der Waals surface area contributed by atoms with E-state index in [1.165, 1.54) is 0 Å². The summed E-state index contributed by atoms with van der Waals surface area (Å²) >= 11 is 0. The topological polar surface area (TPSA) is 41.3 Å². The normalized spacial score (nSPS) is 28.3. The van der Waals surface area contributed by atoms with Crippen LogP contribution in [0.15, 0.2) is 0 Å². The number of halogens is 2. The van der Waals surface area contributed by atoms with E-state index >= 15 is 0 Å². The lowest BCUT2D eigenvalue weighted by atomic mass is 10.3. The lowest BCUT2D eigenvalue weighted by Crippen LogP contribution is -2.56. The van der Waals surface area contributed by atoms with Gasteiger partial charge in [0.15, 0.2) is 0 Å². The van der Waals surface area contributed by atoms with Gasteiger partial charge in [-0.05, 0) is 0 Å². The van der Waals surface area contributed by atoms with E-state index < -0.39 is 5.92 Å². The van der Waals surface area contributed by atoms with Gasteiger partial charge in [0.1, 0.15) is 0 Å². The smallest absolute Gasteiger partial charge is 0.274 e. The summed E-state index contributed by atoms with van der Waals surface area (Å²) in [5, 5.41) is 3.53. The maximum atomic E-state index is 12.3. The van der Waals surface area contributed by atoms with Gasteiger partial charge < -0.3 is 0 Å². The first-order valence-corrected chi connectivity index (χ1v) is 2.68. The SMILES string of the molecule is NN1CNCC(F)(F)C1. The molecule has 3 nitrogen and oxygen atoms in total. The van der Waals surface area contributed by atoms with Crippen molar-refractivity contribution in [2.45, 2.75) is 5.92 Å². The van der Waals surface area contributed by atoms with Crippen LogP contribution in [0.1, 0.15) is 0 Å². The Morgan fingerprint density at radius 2 is 2.22 bits per heavy atom. The molecule has 54 valence electrons. The van der Waals surface area contributed by atoms with Crippen molar-refractivity contribution in [2.24, 2.45) is 5.84 Å². The van der Waals surface area contributed by atoms with Gasteiger partial charge in [-0.2, -0.15) is 0 Å². The molecule has 1 fully saturated rings. The predicted molar refractivity (Wildman–Crippen MR) is 28.7 cm³/mol. The zero-order chi connectivity index (χ0) is 6.91. The quantitative estimate of drug-likeness (QED) is 0.436. The van der Waals surface area contributed by atoms with E-state index in [0.29, 0.717) is 6.67 Å². The number of hydrazine groups is 1. The Kier molecular flexibility index (Phi) is 1.65. The van der Waals surface area contributed by atoms with Crippen molar-refractivity contribution >= 4 is 0 Å². The van der Waals surface area contributed by atoms with Crippen LogP contribution in [0.3, 0.4) is 0 Å². The summed E-state index contributed by atoms with van der Waals surface area (Å²) < 4.78 is 24.5. The molecular weight excluding hydrogens is 128 g/mol. The van der Waals surface area contributed by atoms with Crippen molar-refractivity contribution in [2.75, 3.05) is 19.8 Å². The summed E-state index contributed by atoms with van der Waals surface area (Å²) in [6, 6.07) is 0. The lowest BCUT2D eigenvalue weighted by Gasteiger charge is -2.29. The van der Waals surface area contributed by atoms with Gasteiger partial charge in [0.05, 0.1) is 19.8 Å². The fraction of sp³-hybridized carbons (Fsp3) is 1.00. The van der Waals surface area contributed by atoms with Crippen molar-refractivity contribution in [1.82, 2.24) is 10.3 Å². The first-order chi connectivity index (χ1) is 4.10. The number of hydrogen-bond acceptors (Lipinski definition) is 3. The molecule has 0 atom stereocenters. The second kappa shape index (κ2) is 2.17. The van der Waals surface area contributed by atoms with Gasteiger partial charge in [0.2, 0.25) is 0 Å². The van der Waals surface area contributed by atoms with Crippen molar-refractivity contribution in [1.29, 1.82) is 0 Å². The maximum Gasteiger partial charge on any atom is 0.274 e. The number of hydrogen-bond donors (Lipinski definition) is 2. The fourth-order valence-corrected chi connectivity index (χ4v) is 0.791. The molecule has 1 aliphatic rings. The summed E-state index contributed by atoms with van der Waals surface area (Å²) in [6.07, 6.45) is 0. The molecule has 0 radical (unpaired) electrons. The molecule has 0 saturated carbocycles. The Balaban J connectivity index is 2.41. The lowest BCUT2D eigenvalue weighted by molar-refractivity contribution is -0.0586. The largest absolute Gasteiger partial charge is 0.297 e. The minimum atomic E-state index is -2.66. The van der Waals surface area contributed by atoms with Crippen molar-refractivity contribution < 1.29 is 8.78 Å². The van der Waals surface area contributed by atoms with Gasteiger partial charge in [0, 0.05) is 0 Å². The first-order valence-electron chi connectivity index (χ1n) is 2.68. The van der Waals surface area contributed by atoms with E-state index in [2.05, 4.69) is 5.32 Å². The predicted octanol–water partition coefficient (Wildman–Crippen LogP) is -0.642. The van der Waals surface area contributed by atoms with E-state index in [1.54, 1.807) is 0 Å². The Labute approximate surface area is 51.8 Å². The highest BCUT2D eigenvalue weighted by atomic mass is 19.3. The summed E-state index contributed by atoms with van der Waals surface area (Å²) in [5.74, 6) is 2.44. The second-order valence-corrected chi connectivity index (χ2v) is 2.19. The van der Waals surface area contributed by atoms with Gasteiger partial charge in [0.25, 0.3) is 5.92 Å². The van der Waals surface area contributed by atoms with E-state index in [1.807, 2.05) is 0 Å². The minimum absolute atomic E-state index is 0.263. The molecule has 0 bridgehead atoms. The number of alkyl halides is 2. The molecule has 1 heterocycles. The highest BCUT2D eigenvalue weighted by molar-refractivity contribution is 4.76. The Morgan fingerprint density at radius 1 is 1.56 bits per heavy atom. The van der Waals surface area contributed by atoms with Crippen molar-refractivity contribution in [3.8, 4) is 0 Å². The number of nitrogens with zero attached hydrogens (tertiary/aromatic N) is 1. The molecule has 0 unspecified atom stereocenters. The summed E-state index contributed by atoms with van der Waals surface area (Å²) in [7, 11) is 0. The van der Waals surface area contributed by atoms with E-state index in [0.717, 1.165) is 5.01 Å². The van der Waals surface area contributed by atoms with Crippen molar-refractivity contribution in [3.05, 3.63) is 0 Å². The fourth-order valence-electron chi connectivity index (χ4n) is 0.791. The Bertz CT molecular complexity index is 106. The molecule has 0 amide bonds. The molecular formula is C4H9F2N3. The zero-order valence-corrected chi connectivity index (χ0v) is 4.90. The molecule has 0 aromatic heterocycles. The molecule has 0 aliphatic carbocycles. The minimum Gasteiger partial charge on any atom is -0.297 e. The Hall–Kier alpha value is -0.260. The molecule has 0 aromatic carbocycles. The second-order valence-electron chi connectivity index (χ2n) is 2.19. The highest BCUT2D eigenvalue weighted by Gasteiger charge is 2.33. The third-order valence-corrected chi connectivity index (χ3v) is 1.13. The average Bonchev–Trinajstić information content (AvgIpc) is 1.60. The molecule has 0 spiro atoms. The van der Waals surface area contributed by atoms with Gasteiger partial charge in [-0.15, -0.1) is 0 Å². The average molecular weight is 137 g/mol. The van der Waals surface area contributed by atoms with Crippen LogP contribution in [-0.2, 0) is 0 Å². The van der Waals surface area contributed by atoms with Crippen LogP contribution in [0.5, 0.6) is 0 Å². The molecule has 3 N–H and O–H groups in total. The van der Waals surface area contributed by atoms with Crippen LogP contribution >= 0.6 is 0 Å². The van der Waals surface area contributed by atoms with Gasteiger partial charge in [-0.25, -0.2) is 13.8 Å². The molecule has 5 heteroatoms. The van der Waals surface area contributed by atoms with Gasteiger partial charge in [-0.1, -0.05) is 0 Å². The summed E-state index contributed by atoms with van der Waals surface area (Å²) in [4.78, 5) is 0. The first kappa shape index (κ1) is 6.85. The standard InChI is InChI=1S/C4H9F2N3/c5-4(6)1-8-3-9(7)2-4/h8H,1-3,7H2. The maximum absolute atomic E-state index is 12.3. The van der Waals surface area contributed by atoms with Crippen LogP contribution in [0, 0.1) is 0 Å². The molecule has 1 aliphatic heterocycles. The van der Waals surface area contributed by atoms with Crippen LogP contribution in [0.2, 0.25) is 0 Å². The molecule has 1 saturated heterocycles. The van der Waals surface area contributed by atoms with Crippen LogP contribution in [0.25, 0.3) is 0 Å². The third kappa shape index (κ3) is 1.85. The molecule has 0 aromatic rings. The molecule has 9 heavy (non-hydrogen) atoms.